The Morgan fingerprint density at radius 3 is 2.23 bits per heavy atom. The second kappa shape index (κ2) is 8.12. The highest BCUT2D eigenvalue weighted by Crippen LogP contribution is 2.47. The number of Topliss-reactive ketones (excluding diaryl/α,β-unsaturated/α-hetero) is 1. The van der Waals surface area contributed by atoms with Crippen LogP contribution in [-0.4, -0.2) is 36.9 Å². The molecule has 1 N–H and O–H groups in total. The van der Waals surface area contributed by atoms with Gasteiger partial charge in [-0.2, -0.15) is 0 Å². The Balaban J connectivity index is 1.85. The summed E-state index contributed by atoms with van der Waals surface area (Å²) in [5.41, 5.74) is 0.591. The number of ether oxygens (including phenoxy) is 4. The largest absolute Gasteiger partial charge is 0.496 e. The zero-order chi connectivity index (χ0) is 22.0. The van der Waals surface area contributed by atoms with E-state index in [9.17, 15) is 14.7 Å². The molecule has 0 aliphatic carbocycles. The molecule has 7 heteroatoms. The van der Waals surface area contributed by atoms with Crippen molar-refractivity contribution in [1.82, 2.24) is 0 Å². The van der Waals surface area contributed by atoms with Gasteiger partial charge in [0.2, 0.25) is 5.78 Å². The van der Waals surface area contributed by atoms with Crippen LogP contribution in [0.4, 0.5) is 0 Å². The van der Waals surface area contributed by atoms with Gasteiger partial charge in [-0.25, -0.2) is 4.79 Å². The van der Waals surface area contributed by atoms with E-state index in [1.165, 1.54) is 38.5 Å². The van der Waals surface area contributed by atoms with Gasteiger partial charge in [0.05, 0.1) is 19.8 Å². The lowest BCUT2D eigenvalue weighted by Gasteiger charge is -2.38. The molecule has 0 radical (unpaired) electrons. The fourth-order valence-electron chi connectivity index (χ4n) is 3.46. The van der Waals surface area contributed by atoms with Crippen LogP contribution in [0, 0.1) is 0 Å². The predicted molar refractivity (Wildman–Crippen MR) is 110 cm³/mol. The summed E-state index contributed by atoms with van der Waals surface area (Å²) in [6, 6.07) is 19.7. The van der Waals surface area contributed by atoms with Crippen molar-refractivity contribution in [2.45, 2.75) is 11.9 Å². The summed E-state index contributed by atoms with van der Waals surface area (Å²) in [5, 5.41) is 11.5. The van der Waals surface area contributed by atoms with E-state index in [0.29, 0.717) is 11.3 Å². The Kier molecular flexibility index (Phi) is 5.35. The third-order valence-corrected chi connectivity index (χ3v) is 5.01. The molecule has 7 nitrogen and oxygen atoms in total. The lowest BCUT2D eigenvalue weighted by Crippen LogP contribution is -2.53. The molecular formula is C24H20O7. The van der Waals surface area contributed by atoms with Crippen LogP contribution >= 0.6 is 0 Å². The molecular weight excluding hydrogens is 400 g/mol. The zero-order valence-corrected chi connectivity index (χ0v) is 16.9. The Morgan fingerprint density at radius 1 is 0.968 bits per heavy atom. The summed E-state index contributed by atoms with van der Waals surface area (Å²) >= 11 is 0. The van der Waals surface area contributed by atoms with E-state index in [0.717, 1.165) is 0 Å². The van der Waals surface area contributed by atoms with Crippen molar-refractivity contribution in [1.29, 1.82) is 0 Å². The van der Waals surface area contributed by atoms with Crippen LogP contribution in [0.15, 0.2) is 72.8 Å². The standard InChI is InChI=1S/C24H20O7/c1-28-17-13-18(29-2)20-19(14-17)30-22(15-9-5-3-6-10-15)24(27,21(20)25)31-23(26)16-11-7-4-8-12-16/h3-14,22,27H,1-2H3. The van der Waals surface area contributed by atoms with Crippen LogP contribution in [-0.2, 0) is 4.74 Å². The van der Waals surface area contributed by atoms with Crippen molar-refractivity contribution in [3.05, 3.63) is 89.5 Å². The molecule has 2 unspecified atom stereocenters. The summed E-state index contributed by atoms with van der Waals surface area (Å²) in [5.74, 6) is -3.66. The van der Waals surface area contributed by atoms with Gasteiger partial charge in [0, 0.05) is 12.1 Å². The monoisotopic (exact) mass is 420 g/mol. The first-order valence-electron chi connectivity index (χ1n) is 9.51. The summed E-state index contributed by atoms with van der Waals surface area (Å²) < 4.78 is 22.0. The summed E-state index contributed by atoms with van der Waals surface area (Å²) in [4.78, 5) is 26.3. The zero-order valence-electron chi connectivity index (χ0n) is 16.9. The molecule has 0 saturated heterocycles. The number of hydrogen-bond acceptors (Lipinski definition) is 7. The van der Waals surface area contributed by atoms with E-state index >= 15 is 0 Å². The quantitative estimate of drug-likeness (QED) is 0.498. The van der Waals surface area contributed by atoms with Crippen molar-refractivity contribution in [3.63, 3.8) is 0 Å². The molecule has 158 valence electrons. The highest BCUT2D eigenvalue weighted by Gasteiger charge is 2.56. The van der Waals surface area contributed by atoms with Gasteiger partial charge in [-0.1, -0.05) is 48.5 Å². The number of carbonyl (C=O) groups is 2. The highest BCUT2D eigenvalue weighted by molar-refractivity contribution is 6.09. The Bertz CT molecular complexity index is 1110. The third-order valence-electron chi connectivity index (χ3n) is 5.01. The number of carbonyl (C=O) groups excluding carboxylic acids is 2. The number of esters is 1. The van der Waals surface area contributed by atoms with Crippen LogP contribution in [0.3, 0.4) is 0 Å². The molecule has 3 aromatic carbocycles. The molecule has 3 aromatic rings. The Morgan fingerprint density at radius 2 is 1.61 bits per heavy atom. The number of methoxy groups -OCH3 is 2. The van der Waals surface area contributed by atoms with Gasteiger partial charge in [-0.15, -0.1) is 0 Å². The Labute approximate surface area is 178 Å². The average Bonchev–Trinajstić information content (AvgIpc) is 2.81. The highest BCUT2D eigenvalue weighted by atomic mass is 16.7. The second-order valence-electron chi connectivity index (χ2n) is 6.89. The number of hydrogen-bond donors (Lipinski definition) is 1. The van der Waals surface area contributed by atoms with Gasteiger partial charge in [0.25, 0.3) is 0 Å². The number of rotatable bonds is 5. The minimum Gasteiger partial charge on any atom is -0.496 e. The molecule has 0 bridgehead atoms. The van der Waals surface area contributed by atoms with E-state index < -0.39 is 23.6 Å². The average molecular weight is 420 g/mol. The summed E-state index contributed by atoms with van der Waals surface area (Å²) in [6.07, 6.45) is -1.31. The lowest BCUT2D eigenvalue weighted by molar-refractivity contribution is -0.188. The smallest absolute Gasteiger partial charge is 0.341 e. The summed E-state index contributed by atoms with van der Waals surface area (Å²) in [7, 11) is 2.85. The molecule has 2 atom stereocenters. The van der Waals surface area contributed by atoms with Crippen LogP contribution in [0.25, 0.3) is 0 Å². The van der Waals surface area contributed by atoms with Crippen molar-refractivity contribution < 1.29 is 33.6 Å². The van der Waals surface area contributed by atoms with Crippen molar-refractivity contribution >= 4 is 11.8 Å². The van der Waals surface area contributed by atoms with Gasteiger partial charge in [0.15, 0.2) is 6.10 Å². The normalized spacial score (nSPS) is 19.7. The SMILES string of the molecule is COc1cc(OC)c2c(c1)OC(c1ccccc1)C(O)(OC(=O)c1ccccc1)C2=O. The van der Waals surface area contributed by atoms with Crippen molar-refractivity contribution in [3.8, 4) is 17.2 Å². The first-order chi connectivity index (χ1) is 15.0. The topological polar surface area (TPSA) is 91.3 Å². The Hall–Kier alpha value is -3.84. The van der Waals surface area contributed by atoms with Gasteiger partial charge < -0.3 is 24.1 Å². The number of aliphatic hydroxyl groups is 1. The van der Waals surface area contributed by atoms with Crippen molar-refractivity contribution in [2.75, 3.05) is 14.2 Å². The van der Waals surface area contributed by atoms with E-state index in [-0.39, 0.29) is 22.6 Å². The fourth-order valence-corrected chi connectivity index (χ4v) is 3.46. The maximum atomic E-state index is 13.5. The van der Waals surface area contributed by atoms with Crippen LogP contribution in [0.5, 0.6) is 17.2 Å². The van der Waals surface area contributed by atoms with E-state index in [2.05, 4.69) is 0 Å². The molecule has 1 aliphatic heterocycles. The molecule has 0 fully saturated rings. The lowest BCUT2D eigenvalue weighted by atomic mass is 9.89. The molecule has 0 amide bonds. The molecule has 0 saturated carbocycles. The number of ketones is 1. The van der Waals surface area contributed by atoms with Gasteiger partial charge in [-0.3, -0.25) is 4.79 Å². The molecule has 1 aliphatic rings. The second-order valence-corrected chi connectivity index (χ2v) is 6.89. The maximum Gasteiger partial charge on any atom is 0.341 e. The minimum atomic E-state index is -2.62. The van der Waals surface area contributed by atoms with Gasteiger partial charge in [0.1, 0.15) is 22.8 Å². The number of benzene rings is 3. The van der Waals surface area contributed by atoms with Gasteiger partial charge in [-0.05, 0) is 17.7 Å². The van der Waals surface area contributed by atoms with Crippen LogP contribution in [0.2, 0.25) is 0 Å². The van der Waals surface area contributed by atoms with E-state index in [1.54, 1.807) is 48.5 Å². The van der Waals surface area contributed by atoms with Crippen LogP contribution < -0.4 is 14.2 Å². The maximum absolute atomic E-state index is 13.5. The minimum absolute atomic E-state index is 0.0427. The first kappa shape index (κ1) is 20.4. The third kappa shape index (κ3) is 3.60. The first-order valence-corrected chi connectivity index (χ1v) is 9.51. The van der Waals surface area contributed by atoms with Crippen LogP contribution in [0.1, 0.15) is 32.4 Å². The fraction of sp³-hybridized carbons (Fsp3) is 0.167. The molecule has 0 spiro atoms. The number of fused-ring (bicyclic) bond motifs is 1. The summed E-state index contributed by atoms with van der Waals surface area (Å²) in [6.45, 7) is 0. The van der Waals surface area contributed by atoms with Gasteiger partial charge >= 0.3 is 11.8 Å². The molecule has 0 aromatic heterocycles. The predicted octanol–water partition coefficient (Wildman–Crippen LogP) is 3.57. The molecule has 4 rings (SSSR count). The molecule has 31 heavy (non-hydrogen) atoms. The molecule has 1 heterocycles. The van der Waals surface area contributed by atoms with E-state index in [4.69, 9.17) is 18.9 Å². The van der Waals surface area contributed by atoms with E-state index in [1.807, 2.05) is 0 Å². The van der Waals surface area contributed by atoms with Crippen molar-refractivity contribution in [2.24, 2.45) is 0 Å².